The quantitative estimate of drug-likeness (QED) is 0.740. The number of imidazole rings is 1. The van der Waals surface area contributed by atoms with Crippen LogP contribution in [0.25, 0.3) is 10.9 Å². The van der Waals surface area contributed by atoms with Crippen molar-refractivity contribution >= 4 is 16.8 Å². The molecular weight excluding hydrogens is 312 g/mol. The topological polar surface area (TPSA) is 51.0 Å². The van der Waals surface area contributed by atoms with Gasteiger partial charge in [0.1, 0.15) is 5.69 Å². The van der Waals surface area contributed by atoms with Gasteiger partial charge in [0.15, 0.2) is 0 Å². The van der Waals surface area contributed by atoms with Crippen LogP contribution in [0.3, 0.4) is 0 Å². The molecule has 0 atom stereocenters. The molecule has 0 unspecified atom stereocenters. The van der Waals surface area contributed by atoms with E-state index in [1.165, 1.54) is 10.9 Å². The van der Waals surface area contributed by atoms with Crippen molar-refractivity contribution in [3.8, 4) is 0 Å². The van der Waals surface area contributed by atoms with E-state index in [1.807, 2.05) is 28.8 Å². The van der Waals surface area contributed by atoms with Gasteiger partial charge in [-0.05, 0) is 48.9 Å². The first-order valence-electron chi connectivity index (χ1n) is 8.80. The number of amides is 1. The average molecular weight is 334 g/mol. The Morgan fingerprint density at radius 1 is 1.20 bits per heavy atom. The number of benzene rings is 1. The van der Waals surface area contributed by atoms with Crippen molar-refractivity contribution in [2.24, 2.45) is 13.0 Å². The first-order valence-corrected chi connectivity index (χ1v) is 8.80. The second-order valence-electron chi connectivity index (χ2n) is 6.89. The molecule has 5 heteroatoms. The standard InChI is InChI=1S/C20H22N4O/c1-23-13-19(22-14-23)20(25)24-9-6-15(7-10-24)11-16-4-5-18-17(12-16)3-2-8-21-18/h2-5,8,12-15H,6-7,9-11H2,1H3. The van der Waals surface area contributed by atoms with Crippen LogP contribution >= 0.6 is 0 Å². The monoisotopic (exact) mass is 334 g/mol. The van der Waals surface area contributed by atoms with Crippen LogP contribution in [0.1, 0.15) is 28.9 Å². The number of piperidine rings is 1. The fourth-order valence-electron chi connectivity index (χ4n) is 3.61. The van der Waals surface area contributed by atoms with Gasteiger partial charge in [-0.2, -0.15) is 0 Å². The van der Waals surface area contributed by atoms with Crippen LogP contribution in [0.5, 0.6) is 0 Å². The molecule has 1 fully saturated rings. The van der Waals surface area contributed by atoms with E-state index in [2.05, 4.69) is 34.2 Å². The summed E-state index contributed by atoms with van der Waals surface area (Å²) in [5.74, 6) is 0.678. The van der Waals surface area contributed by atoms with Gasteiger partial charge in [-0.15, -0.1) is 0 Å². The molecule has 5 nitrogen and oxygen atoms in total. The summed E-state index contributed by atoms with van der Waals surface area (Å²) in [5.41, 5.74) is 2.94. The minimum Gasteiger partial charge on any atom is -0.340 e. The van der Waals surface area contributed by atoms with E-state index in [0.717, 1.165) is 37.9 Å². The Bertz CT molecular complexity index is 893. The van der Waals surface area contributed by atoms with E-state index in [4.69, 9.17) is 0 Å². The molecule has 1 aromatic carbocycles. The molecule has 1 amide bonds. The number of pyridine rings is 1. The zero-order valence-electron chi connectivity index (χ0n) is 14.4. The molecule has 2 aromatic heterocycles. The van der Waals surface area contributed by atoms with Gasteiger partial charge < -0.3 is 9.47 Å². The first kappa shape index (κ1) is 15.8. The summed E-state index contributed by atoms with van der Waals surface area (Å²) in [7, 11) is 1.88. The van der Waals surface area contributed by atoms with Crippen LogP contribution < -0.4 is 0 Å². The van der Waals surface area contributed by atoms with Crippen LogP contribution in [0.4, 0.5) is 0 Å². The fourth-order valence-corrected chi connectivity index (χ4v) is 3.61. The molecule has 0 saturated carbocycles. The van der Waals surface area contributed by atoms with E-state index in [0.29, 0.717) is 11.6 Å². The van der Waals surface area contributed by atoms with Crippen molar-refractivity contribution in [2.75, 3.05) is 13.1 Å². The summed E-state index contributed by atoms with van der Waals surface area (Å²) in [5, 5.41) is 1.20. The Labute approximate surface area is 147 Å². The number of rotatable bonds is 3. The van der Waals surface area contributed by atoms with Crippen molar-refractivity contribution in [1.82, 2.24) is 19.4 Å². The molecule has 0 N–H and O–H groups in total. The van der Waals surface area contributed by atoms with Crippen LogP contribution in [-0.4, -0.2) is 38.4 Å². The summed E-state index contributed by atoms with van der Waals surface area (Å²) in [6.07, 6.45) is 8.45. The molecule has 0 spiro atoms. The highest BCUT2D eigenvalue weighted by atomic mass is 16.2. The maximum absolute atomic E-state index is 12.5. The van der Waals surface area contributed by atoms with Gasteiger partial charge in [-0.1, -0.05) is 12.1 Å². The molecule has 1 aliphatic rings. The van der Waals surface area contributed by atoms with Crippen molar-refractivity contribution < 1.29 is 4.79 Å². The molecule has 1 saturated heterocycles. The van der Waals surface area contributed by atoms with Crippen LogP contribution in [0.15, 0.2) is 49.1 Å². The zero-order valence-corrected chi connectivity index (χ0v) is 14.4. The summed E-state index contributed by atoms with van der Waals surface area (Å²) in [6.45, 7) is 1.63. The number of carbonyl (C=O) groups is 1. The highest BCUT2D eigenvalue weighted by Gasteiger charge is 2.24. The third-order valence-corrected chi connectivity index (χ3v) is 5.02. The van der Waals surface area contributed by atoms with Crippen molar-refractivity contribution in [1.29, 1.82) is 0 Å². The van der Waals surface area contributed by atoms with Gasteiger partial charge in [0.05, 0.1) is 11.8 Å². The number of fused-ring (bicyclic) bond motifs is 1. The largest absolute Gasteiger partial charge is 0.340 e. The van der Waals surface area contributed by atoms with E-state index >= 15 is 0 Å². The predicted octanol–water partition coefficient (Wildman–Crippen LogP) is 3.06. The van der Waals surface area contributed by atoms with E-state index in [-0.39, 0.29) is 5.91 Å². The van der Waals surface area contributed by atoms with Gasteiger partial charge in [-0.3, -0.25) is 9.78 Å². The maximum Gasteiger partial charge on any atom is 0.274 e. The number of hydrogen-bond acceptors (Lipinski definition) is 3. The lowest BCUT2D eigenvalue weighted by Crippen LogP contribution is -2.39. The molecule has 4 rings (SSSR count). The highest BCUT2D eigenvalue weighted by molar-refractivity contribution is 5.92. The highest BCUT2D eigenvalue weighted by Crippen LogP contribution is 2.24. The van der Waals surface area contributed by atoms with Crippen LogP contribution in [-0.2, 0) is 13.5 Å². The number of hydrogen-bond donors (Lipinski definition) is 0. The van der Waals surface area contributed by atoms with Crippen molar-refractivity contribution in [3.05, 3.63) is 60.3 Å². The number of likely N-dealkylation sites (tertiary alicyclic amines) is 1. The lowest BCUT2D eigenvalue weighted by Gasteiger charge is -2.31. The van der Waals surface area contributed by atoms with Gasteiger partial charge in [0.25, 0.3) is 5.91 Å². The molecule has 0 bridgehead atoms. The van der Waals surface area contributed by atoms with Crippen molar-refractivity contribution in [2.45, 2.75) is 19.3 Å². The molecule has 0 aliphatic carbocycles. The van der Waals surface area contributed by atoms with Crippen LogP contribution in [0.2, 0.25) is 0 Å². The second kappa shape index (κ2) is 6.67. The Hall–Kier alpha value is -2.69. The average Bonchev–Trinajstić information content (AvgIpc) is 3.08. The smallest absolute Gasteiger partial charge is 0.274 e. The normalized spacial score (nSPS) is 15.6. The Morgan fingerprint density at radius 3 is 2.80 bits per heavy atom. The second-order valence-corrected chi connectivity index (χ2v) is 6.89. The fraction of sp³-hybridized carbons (Fsp3) is 0.350. The summed E-state index contributed by atoms with van der Waals surface area (Å²) >= 11 is 0. The first-order chi connectivity index (χ1) is 12.2. The summed E-state index contributed by atoms with van der Waals surface area (Å²) in [4.78, 5) is 23.0. The molecule has 25 heavy (non-hydrogen) atoms. The van der Waals surface area contributed by atoms with Crippen LogP contribution in [0, 0.1) is 5.92 Å². The molecule has 3 aromatic rings. The summed E-state index contributed by atoms with van der Waals surface area (Å²) in [6, 6.07) is 10.6. The predicted molar refractivity (Wildman–Crippen MR) is 97.3 cm³/mol. The van der Waals surface area contributed by atoms with Gasteiger partial charge in [-0.25, -0.2) is 4.98 Å². The minimum atomic E-state index is 0.0517. The lowest BCUT2D eigenvalue weighted by atomic mass is 9.89. The molecule has 1 aliphatic heterocycles. The van der Waals surface area contributed by atoms with Crippen molar-refractivity contribution in [3.63, 3.8) is 0 Å². The number of aryl methyl sites for hydroxylation is 1. The molecular formula is C20H22N4O. The lowest BCUT2D eigenvalue weighted by molar-refractivity contribution is 0.0685. The number of aromatic nitrogens is 3. The van der Waals surface area contributed by atoms with E-state index in [1.54, 1.807) is 12.5 Å². The number of nitrogens with zero attached hydrogens (tertiary/aromatic N) is 4. The van der Waals surface area contributed by atoms with Gasteiger partial charge in [0, 0.05) is 37.9 Å². The Kier molecular flexibility index (Phi) is 4.22. The Balaban J connectivity index is 1.37. The Morgan fingerprint density at radius 2 is 2.04 bits per heavy atom. The van der Waals surface area contributed by atoms with E-state index < -0.39 is 0 Å². The van der Waals surface area contributed by atoms with Gasteiger partial charge in [0.2, 0.25) is 0 Å². The van der Waals surface area contributed by atoms with E-state index in [9.17, 15) is 4.79 Å². The third-order valence-electron chi connectivity index (χ3n) is 5.02. The summed E-state index contributed by atoms with van der Waals surface area (Å²) < 4.78 is 1.81. The third kappa shape index (κ3) is 3.40. The molecule has 0 radical (unpaired) electrons. The van der Waals surface area contributed by atoms with Gasteiger partial charge >= 0.3 is 0 Å². The number of carbonyl (C=O) groups excluding carboxylic acids is 1. The zero-order chi connectivity index (χ0) is 17.2. The molecule has 128 valence electrons. The minimum absolute atomic E-state index is 0.0517. The SMILES string of the molecule is Cn1cnc(C(=O)N2CCC(Cc3ccc4ncccc4c3)CC2)c1. The molecule has 3 heterocycles. The maximum atomic E-state index is 12.5.